The van der Waals surface area contributed by atoms with Crippen molar-refractivity contribution in [1.29, 1.82) is 0 Å². The number of thiazole rings is 2. The minimum atomic E-state index is -3.66. The number of carbonyl (C=O) groups is 1. The van der Waals surface area contributed by atoms with Gasteiger partial charge in [-0.05, 0) is 53.9 Å². The van der Waals surface area contributed by atoms with E-state index in [0.717, 1.165) is 20.8 Å². The van der Waals surface area contributed by atoms with E-state index in [1.54, 1.807) is 11.3 Å². The van der Waals surface area contributed by atoms with Crippen LogP contribution in [0.15, 0.2) is 83.1 Å². The second-order valence-electron chi connectivity index (χ2n) is 8.36. The Bertz CT molecular complexity index is 1660. The molecule has 0 fully saturated rings. The Morgan fingerprint density at radius 3 is 2.47 bits per heavy atom. The molecule has 7 nitrogen and oxygen atoms in total. The summed E-state index contributed by atoms with van der Waals surface area (Å²) in [5.41, 5.74) is 4.19. The molecule has 1 aliphatic rings. The molecule has 6 rings (SSSR count). The number of rotatable bonds is 5. The fourth-order valence-corrected chi connectivity index (χ4v) is 7.29. The van der Waals surface area contributed by atoms with Crippen LogP contribution >= 0.6 is 22.7 Å². The first-order chi connectivity index (χ1) is 17.5. The molecule has 1 amide bonds. The summed E-state index contributed by atoms with van der Waals surface area (Å²) < 4.78 is 28.9. The molecule has 180 valence electrons. The molecule has 0 saturated heterocycles. The monoisotopic (exact) mass is 532 g/mol. The van der Waals surface area contributed by atoms with E-state index in [0.29, 0.717) is 35.9 Å². The SMILES string of the molecule is O=C(Nc1nc(-c2nc3ccccc3s2)cs1)c1ccc(S(=O)(=O)N2CCc3ccccc3C2)cc1. The number of fused-ring (bicyclic) bond motifs is 2. The Labute approximate surface area is 216 Å². The molecular formula is C26H20N4O3S3. The summed E-state index contributed by atoms with van der Waals surface area (Å²) in [6.45, 7) is 0.782. The standard InChI is InChI=1S/C26H20N4O3S3/c31-24(29-26-28-22(16-34-26)25-27-21-7-3-4-8-23(21)35-25)18-9-11-20(12-10-18)36(32,33)30-14-13-17-5-1-2-6-19(17)15-30/h1-12,16H,13-15H2,(H,28,29,31). The molecule has 10 heteroatoms. The summed E-state index contributed by atoms with van der Waals surface area (Å²) in [4.78, 5) is 22.1. The van der Waals surface area contributed by atoms with Gasteiger partial charge in [-0.15, -0.1) is 22.7 Å². The van der Waals surface area contributed by atoms with E-state index in [2.05, 4.69) is 15.3 Å². The van der Waals surface area contributed by atoms with Crippen molar-refractivity contribution in [3.8, 4) is 10.7 Å². The van der Waals surface area contributed by atoms with Crippen LogP contribution in [0, 0.1) is 0 Å². The smallest absolute Gasteiger partial charge is 0.257 e. The third-order valence-corrected chi connectivity index (χ3v) is 9.76. The van der Waals surface area contributed by atoms with E-state index in [9.17, 15) is 13.2 Å². The number of benzene rings is 3. The van der Waals surface area contributed by atoms with E-state index in [-0.39, 0.29) is 10.8 Å². The van der Waals surface area contributed by atoms with Gasteiger partial charge >= 0.3 is 0 Å². The Morgan fingerprint density at radius 2 is 1.67 bits per heavy atom. The van der Waals surface area contributed by atoms with Crippen molar-refractivity contribution in [2.75, 3.05) is 11.9 Å². The van der Waals surface area contributed by atoms with Gasteiger partial charge in [-0.1, -0.05) is 36.4 Å². The van der Waals surface area contributed by atoms with Crippen LogP contribution in [-0.2, 0) is 23.0 Å². The van der Waals surface area contributed by atoms with Gasteiger partial charge in [0, 0.05) is 24.0 Å². The maximum atomic E-state index is 13.2. The molecule has 5 aromatic rings. The normalized spacial score (nSPS) is 14.0. The maximum absolute atomic E-state index is 13.2. The minimum Gasteiger partial charge on any atom is -0.298 e. The third-order valence-electron chi connectivity index (χ3n) is 6.09. The number of sulfonamides is 1. The summed E-state index contributed by atoms with van der Waals surface area (Å²) in [5.74, 6) is -0.351. The average Bonchev–Trinajstić information content (AvgIpc) is 3.55. The number of nitrogens with zero attached hydrogens (tertiary/aromatic N) is 3. The Hall–Kier alpha value is -3.44. The van der Waals surface area contributed by atoms with Crippen LogP contribution in [0.5, 0.6) is 0 Å². The van der Waals surface area contributed by atoms with Crippen molar-refractivity contribution in [2.45, 2.75) is 17.9 Å². The zero-order chi connectivity index (χ0) is 24.7. The van der Waals surface area contributed by atoms with Gasteiger partial charge in [0.25, 0.3) is 5.91 Å². The molecule has 1 N–H and O–H groups in total. The first kappa shape index (κ1) is 23.0. The predicted molar refractivity (Wildman–Crippen MR) is 143 cm³/mol. The third kappa shape index (κ3) is 4.33. The van der Waals surface area contributed by atoms with Gasteiger partial charge in [-0.2, -0.15) is 4.31 Å². The Morgan fingerprint density at radius 1 is 0.917 bits per heavy atom. The first-order valence-corrected chi connectivity index (χ1v) is 14.4. The van der Waals surface area contributed by atoms with Gasteiger partial charge in [0.05, 0.1) is 15.1 Å². The van der Waals surface area contributed by atoms with E-state index in [1.807, 2.05) is 53.9 Å². The summed E-state index contributed by atoms with van der Waals surface area (Å²) in [6.07, 6.45) is 0.683. The molecule has 0 radical (unpaired) electrons. The van der Waals surface area contributed by atoms with Crippen LogP contribution < -0.4 is 5.32 Å². The number of hydrogen-bond acceptors (Lipinski definition) is 7. The molecule has 3 aromatic carbocycles. The average molecular weight is 533 g/mol. The Balaban J connectivity index is 1.15. The lowest BCUT2D eigenvalue weighted by molar-refractivity contribution is 0.102. The molecule has 0 atom stereocenters. The zero-order valence-corrected chi connectivity index (χ0v) is 21.4. The lowest BCUT2D eigenvalue weighted by atomic mass is 10.0. The number of aromatic nitrogens is 2. The van der Waals surface area contributed by atoms with Gasteiger partial charge in [-0.3, -0.25) is 10.1 Å². The quantitative estimate of drug-likeness (QED) is 0.326. The van der Waals surface area contributed by atoms with E-state index in [4.69, 9.17) is 0 Å². The Kier molecular flexibility index (Phi) is 5.88. The second kappa shape index (κ2) is 9.21. The van der Waals surface area contributed by atoms with Crippen molar-refractivity contribution < 1.29 is 13.2 Å². The van der Waals surface area contributed by atoms with E-state index in [1.165, 1.54) is 45.5 Å². The van der Waals surface area contributed by atoms with E-state index >= 15 is 0 Å². The molecular weight excluding hydrogens is 513 g/mol. The van der Waals surface area contributed by atoms with Crippen LogP contribution in [0.25, 0.3) is 20.9 Å². The van der Waals surface area contributed by atoms with Gasteiger partial charge in [-0.25, -0.2) is 18.4 Å². The van der Waals surface area contributed by atoms with Crippen LogP contribution in [0.3, 0.4) is 0 Å². The second-order valence-corrected chi connectivity index (χ2v) is 12.2. The number of hydrogen-bond donors (Lipinski definition) is 1. The van der Waals surface area contributed by atoms with Crippen molar-refractivity contribution in [1.82, 2.24) is 14.3 Å². The summed E-state index contributed by atoms with van der Waals surface area (Å²) >= 11 is 2.87. The molecule has 0 saturated carbocycles. The van der Waals surface area contributed by atoms with Crippen LogP contribution in [-0.4, -0.2) is 35.1 Å². The lowest BCUT2D eigenvalue weighted by Crippen LogP contribution is -2.35. The van der Waals surface area contributed by atoms with Crippen molar-refractivity contribution in [3.05, 3.63) is 94.9 Å². The van der Waals surface area contributed by atoms with Gasteiger partial charge in [0.1, 0.15) is 10.7 Å². The number of nitrogens with one attached hydrogen (secondary N) is 1. The molecule has 3 heterocycles. The molecule has 0 unspecified atom stereocenters. The van der Waals surface area contributed by atoms with Crippen molar-refractivity contribution >= 4 is 54.0 Å². The van der Waals surface area contributed by atoms with E-state index < -0.39 is 10.0 Å². The molecule has 2 aromatic heterocycles. The van der Waals surface area contributed by atoms with Gasteiger partial charge in [0.2, 0.25) is 10.0 Å². The number of amides is 1. The summed E-state index contributed by atoms with van der Waals surface area (Å²) in [6, 6.07) is 21.8. The highest BCUT2D eigenvalue weighted by Gasteiger charge is 2.28. The molecule has 36 heavy (non-hydrogen) atoms. The lowest BCUT2D eigenvalue weighted by Gasteiger charge is -2.28. The van der Waals surface area contributed by atoms with Gasteiger partial charge in [0.15, 0.2) is 5.13 Å². The van der Waals surface area contributed by atoms with Gasteiger partial charge < -0.3 is 0 Å². The molecule has 0 bridgehead atoms. The van der Waals surface area contributed by atoms with Crippen LogP contribution in [0.4, 0.5) is 5.13 Å². The topological polar surface area (TPSA) is 92.3 Å². The molecule has 0 aliphatic carbocycles. The molecule has 0 spiro atoms. The number of para-hydroxylation sites is 1. The fourth-order valence-electron chi connectivity index (χ4n) is 4.18. The van der Waals surface area contributed by atoms with Crippen LogP contribution in [0.2, 0.25) is 0 Å². The summed E-state index contributed by atoms with van der Waals surface area (Å²) in [5, 5.41) is 5.91. The highest BCUT2D eigenvalue weighted by Crippen LogP contribution is 2.32. The highest BCUT2D eigenvalue weighted by molar-refractivity contribution is 7.89. The summed E-state index contributed by atoms with van der Waals surface area (Å²) in [7, 11) is -3.66. The van der Waals surface area contributed by atoms with Crippen molar-refractivity contribution in [2.24, 2.45) is 0 Å². The maximum Gasteiger partial charge on any atom is 0.257 e. The fraction of sp³-hybridized carbons (Fsp3) is 0.115. The minimum absolute atomic E-state index is 0.172. The highest BCUT2D eigenvalue weighted by atomic mass is 32.2. The van der Waals surface area contributed by atoms with Crippen LogP contribution in [0.1, 0.15) is 21.5 Å². The predicted octanol–water partition coefficient (Wildman–Crippen LogP) is 5.42. The number of anilines is 1. The molecule has 1 aliphatic heterocycles. The largest absolute Gasteiger partial charge is 0.298 e. The first-order valence-electron chi connectivity index (χ1n) is 11.3. The zero-order valence-electron chi connectivity index (χ0n) is 18.9. The van der Waals surface area contributed by atoms with Crippen molar-refractivity contribution in [3.63, 3.8) is 0 Å². The number of carbonyl (C=O) groups excluding carboxylic acids is 1.